The number of nitrogens with two attached hydrogens (primary N) is 1. The van der Waals surface area contributed by atoms with Crippen LogP contribution in [0.4, 0.5) is 0 Å². The van der Waals surface area contributed by atoms with Crippen molar-refractivity contribution < 1.29 is 28.5 Å². The van der Waals surface area contributed by atoms with Gasteiger partial charge in [-0.15, -0.1) is 0 Å². The molecule has 0 radical (unpaired) electrons. The van der Waals surface area contributed by atoms with E-state index in [1.807, 2.05) is 6.92 Å². The van der Waals surface area contributed by atoms with Crippen LogP contribution in [0, 0.1) is 5.92 Å². The summed E-state index contributed by atoms with van der Waals surface area (Å²) in [5, 5.41) is 3.02. The third-order valence-electron chi connectivity index (χ3n) is 7.02. The molecule has 196 valence electrons. The van der Waals surface area contributed by atoms with Crippen molar-refractivity contribution in [1.82, 2.24) is 5.32 Å². The van der Waals surface area contributed by atoms with Crippen molar-refractivity contribution in [2.45, 2.75) is 102 Å². The summed E-state index contributed by atoms with van der Waals surface area (Å²) >= 11 is 0. The van der Waals surface area contributed by atoms with Crippen molar-refractivity contribution in [2.24, 2.45) is 11.7 Å². The predicted octanol–water partition coefficient (Wildman–Crippen LogP) is 2.96. The minimum Gasteiger partial charge on any atom is -0.459 e. The van der Waals surface area contributed by atoms with Gasteiger partial charge in [0, 0.05) is 32.4 Å². The van der Waals surface area contributed by atoms with Gasteiger partial charge in [0.1, 0.15) is 6.10 Å². The van der Waals surface area contributed by atoms with Crippen molar-refractivity contribution >= 4 is 11.9 Å². The number of epoxide rings is 1. The minimum atomic E-state index is -0.444. The summed E-state index contributed by atoms with van der Waals surface area (Å²) in [4.78, 5) is 23.3. The Kier molecular flexibility index (Phi) is 9.69. The van der Waals surface area contributed by atoms with E-state index in [9.17, 15) is 9.59 Å². The van der Waals surface area contributed by atoms with E-state index >= 15 is 0 Å². The van der Waals surface area contributed by atoms with E-state index in [-0.39, 0.29) is 47.9 Å². The monoisotopic (exact) mass is 490 g/mol. The molecule has 0 aromatic carbocycles. The molecule has 3 aliphatic rings. The Morgan fingerprint density at radius 3 is 2.60 bits per heavy atom. The number of amides is 1. The van der Waals surface area contributed by atoms with Gasteiger partial charge >= 0.3 is 5.97 Å². The molecule has 0 aliphatic carbocycles. The quantitative estimate of drug-likeness (QED) is 0.221. The minimum absolute atomic E-state index is 0.0151. The second-order valence-electron chi connectivity index (χ2n) is 10.3. The number of hydrogen-bond acceptors (Lipinski definition) is 7. The summed E-state index contributed by atoms with van der Waals surface area (Å²) in [7, 11) is 0. The van der Waals surface area contributed by atoms with Crippen molar-refractivity contribution in [2.75, 3.05) is 13.2 Å². The van der Waals surface area contributed by atoms with Crippen LogP contribution in [0.1, 0.15) is 60.3 Å². The molecular formula is C27H42N2O6. The average molecular weight is 491 g/mol. The van der Waals surface area contributed by atoms with E-state index in [1.54, 1.807) is 13.0 Å². The van der Waals surface area contributed by atoms with Crippen LogP contribution in [0.5, 0.6) is 0 Å². The molecular weight excluding hydrogens is 448 g/mol. The van der Waals surface area contributed by atoms with Gasteiger partial charge in [0.2, 0.25) is 5.91 Å². The predicted molar refractivity (Wildman–Crippen MR) is 134 cm³/mol. The topological polar surface area (TPSA) is 112 Å². The van der Waals surface area contributed by atoms with E-state index in [2.05, 4.69) is 37.4 Å². The normalized spacial score (nSPS) is 36.5. The van der Waals surface area contributed by atoms with Crippen molar-refractivity contribution in [1.29, 1.82) is 0 Å². The maximum Gasteiger partial charge on any atom is 0.303 e. The van der Waals surface area contributed by atoms with Crippen molar-refractivity contribution in [3.63, 3.8) is 0 Å². The molecule has 0 saturated carbocycles. The van der Waals surface area contributed by atoms with E-state index in [0.29, 0.717) is 12.5 Å². The Labute approximate surface area is 209 Å². The fourth-order valence-corrected chi connectivity index (χ4v) is 4.90. The first-order valence-corrected chi connectivity index (χ1v) is 12.7. The Bertz CT molecular complexity index is 834. The first-order chi connectivity index (χ1) is 16.6. The van der Waals surface area contributed by atoms with Crippen LogP contribution in [0.25, 0.3) is 0 Å². The molecule has 3 rings (SSSR count). The molecule has 3 heterocycles. The standard InChI is InChI=1S/C27H42N2O6/c1-17(6-9-22-13-27(16-32-27)14-23(15-28)35-22)7-10-25-18(2)12-24(20(4)34-25)29-26(31)11-8-19(3)33-21(5)30/h6-9,11,18-20,22-25H,10,12-16,28H2,1-5H3,(H,29,31)/t18-,19?,20+,22+,23-,24+,25-,27+/m0/s1. The first-order valence-electron chi connectivity index (χ1n) is 12.7. The van der Waals surface area contributed by atoms with E-state index in [0.717, 1.165) is 32.3 Å². The molecule has 3 N–H and O–H groups in total. The van der Waals surface area contributed by atoms with Gasteiger partial charge < -0.3 is 30.0 Å². The number of rotatable bonds is 9. The molecule has 8 nitrogen and oxygen atoms in total. The third kappa shape index (κ3) is 8.56. The summed E-state index contributed by atoms with van der Waals surface area (Å²) in [6.07, 6.45) is 12.5. The lowest BCUT2D eigenvalue weighted by Crippen LogP contribution is -2.50. The van der Waals surface area contributed by atoms with Crippen molar-refractivity contribution in [3.8, 4) is 0 Å². The second kappa shape index (κ2) is 12.3. The highest BCUT2D eigenvalue weighted by atomic mass is 16.6. The van der Waals surface area contributed by atoms with E-state index in [4.69, 9.17) is 24.7 Å². The van der Waals surface area contributed by atoms with Gasteiger partial charge in [-0.1, -0.05) is 30.7 Å². The van der Waals surface area contributed by atoms with Crippen LogP contribution in [0.15, 0.2) is 36.0 Å². The zero-order chi connectivity index (χ0) is 25.6. The van der Waals surface area contributed by atoms with E-state index in [1.165, 1.54) is 18.6 Å². The van der Waals surface area contributed by atoms with E-state index < -0.39 is 6.10 Å². The molecule has 8 heteroatoms. The molecule has 0 bridgehead atoms. The average Bonchev–Trinajstić information content (AvgIpc) is 3.54. The molecule has 3 fully saturated rings. The number of carbonyl (C=O) groups excluding carboxylic acids is 2. The fourth-order valence-electron chi connectivity index (χ4n) is 4.90. The zero-order valence-electron chi connectivity index (χ0n) is 21.7. The molecule has 0 aromatic rings. The summed E-state index contributed by atoms with van der Waals surface area (Å²) < 4.78 is 23.0. The molecule has 1 unspecified atom stereocenters. The van der Waals surface area contributed by atoms with Gasteiger partial charge in [0.05, 0.1) is 42.7 Å². The van der Waals surface area contributed by atoms with Crippen molar-refractivity contribution in [3.05, 3.63) is 36.0 Å². The SMILES string of the molecule is CC(=O)OC(C)C=CC(=O)N[C@@H]1C[C@H](C)[C@H](CC=C(C)C=C[C@@H]2C[C@]3(CO3)C[C@@H](CN)O2)O[C@@H]1C. The van der Waals surface area contributed by atoms with Gasteiger partial charge in [-0.3, -0.25) is 9.59 Å². The van der Waals surface area contributed by atoms with Gasteiger partial charge in [-0.2, -0.15) is 0 Å². The summed E-state index contributed by atoms with van der Waals surface area (Å²) in [6.45, 7) is 10.6. The molecule has 1 spiro atoms. The van der Waals surface area contributed by atoms with Crippen LogP contribution in [-0.4, -0.2) is 67.2 Å². The fraction of sp³-hybridized carbons (Fsp3) is 0.704. The second-order valence-corrected chi connectivity index (χ2v) is 10.3. The van der Waals surface area contributed by atoms with Gasteiger partial charge in [0.25, 0.3) is 0 Å². The highest BCUT2D eigenvalue weighted by molar-refractivity contribution is 5.87. The maximum absolute atomic E-state index is 12.3. The largest absolute Gasteiger partial charge is 0.459 e. The number of hydrogen-bond donors (Lipinski definition) is 2. The maximum atomic E-state index is 12.3. The zero-order valence-corrected chi connectivity index (χ0v) is 21.7. The summed E-state index contributed by atoms with van der Waals surface area (Å²) in [5.41, 5.74) is 6.98. The highest BCUT2D eigenvalue weighted by Crippen LogP contribution is 2.42. The van der Waals surface area contributed by atoms with Crippen LogP contribution >= 0.6 is 0 Å². The van der Waals surface area contributed by atoms with Gasteiger partial charge in [-0.05, 0) is 45.6 Å². The van der Waals surface area contributed by atoms with Crippen LogP contribution in [0.2, 0.25) is 0 Å². The number of carbonyl (C=O) groups is 2. The summed E-state index contributed by atoms with van der Waals surface area (Å²) in [5.74, 6) is -0.288. The molecule has 35 heavy (non-hydrogen) atoms. The number of nitrogens with one attached hydrogen (secondary N) is 1. The number of ether oxygens (including phenoxy) is 4. The van der Waals surface area contributed by atoms with Gasteiger partial charge in [0.15, 0.2) is 0 Å². The highest BCUT2D eigenvalue weighted by Gasteiger charge is 2.50. The third-order valence-corrected chi connectivity index (χ3v) is 7.02. The van der Waals surface area contributed by atoms with Gasteiger partial charge in [-0.25, -0.2) is 0 Å². The Morgan fingerprint density at radius 2 is 1.94 bits per heavy atom. The molecule has 0 aromatic heterocycles. The molecule has 3 aliphatic heterocycles. The molecule has 8 atom stereocenters. The van der Waals surface area contributed by atoms with Crippen LogP contribution in [-0.2, 0) is 28.5 Å². The molecule has 1 amide bonds. The Balaban J connectivity index is 1.45. The smallest absolute Gasteiger partial charge is 0.303 e. The van der Waals surface area contributed by atoms with Crippen LogP contribution < -0.4 is 11.1 Å². The number of esters is 1. The first kappa shape index (κ1) is 27.6. The lowest BCUT2D eigenvalue weighted by atomic mass is 9.88. The van der Waals surface area contributed by atoms with Crippen LogP contribution in [0.3, 0.4) is 0 Å². The molecule has 3 saturated heterocycles. The Hall–Kier alpha value is -2.00. The lowest BCUT2D eigenvalue weighted by Gasteiger charge is -2.39. The lowest BCUT2D eigenvalue weighted by molar-refractivity contribution is -0.143. The number of allylic oxidation sites excluding steroid dienone is 2. The Morgan fingerprint density at radius 1 is 1.20 bits per heavy atom. The summed E-state index contributed by atoms with van der Waals surface area (Å²) in [6, 6.07) is -0.0664.